The number of ketones is 1. The summed E-state index contributed by atoms with van der Waals surface area (Å²) in [7, 11) is 0. The molecule has 1 atom stereocenters. The summed E-state index contributed by atoms with van der Waals surface area (Å²) >= 11 is 0. The minimum absolute atomic E-state index is 0.0420. The lowest BCUT2D eigenvalue weighted by Crippen LogP contribution is -2.40. The Hall–Kier alpha value is -3.32. The van der Waals surface area contributed by atoms with Crippen LogP contribution in [0.2, 0.25) is 0 Å². The first kappa shape index (κ1) is 40.7. The van der Waals surface area contributed by atoms with Gasteiger partial charge in [0.25, 0.3) is 0 Å². The molecular formula is C34H55N3O9. The van der Waals surface area contributed by atoms with Crippen LogP contribution in [-0.4, -0.2) is 101 Å². The summed E-state index contributed by atoms with van der Waals surface area (Å²) in [6.45, 7) is 15.8. The molecular weight excluding hydrogens is 594 g/mol. The number of ether oxygens (including phenoxy) is 5. The lowest BCUT2D eigenvalue weighted by atomic mass is 9.79. The number of benzene rings is 1. The molecule has 0 aliphatic carbocycles. The van der Waals surface area contributed by atoms with Gasteiger partial charge in [0.1, 0.15) is 24.6 Å². The summed E-state index contributed by atoms with van der Waals surface area (Å²) in [5.41, 5.74) is -0.769. The Labute approximate surface area is 274 Å². The average molecular weight is 650 g/mol. The molecule has 12 heteroatoms. The fourth-order valence-corrected chi connectivity index (χ4v) is 4.77. The highest BCUT2D eigenvalue weighted by Crippen LogP contribution is 2.34. The van der Waals surface area contributed by atoms with E-state index in [1.807, 2.05) is 58.0 Å². The van der Waals surface area contributed by atoms with Crippen molar-refractivity contribution in [2.24, 2.45) is 5.41 Å². The molecule has 0 heterocycles. The van der Waals surface area contributed by atoms with Gasteiger partial charge in [-0.1, -0.05) is 38.1 Å². The molecule has 0 fully saturated rings. The van der Waals surface area contributed by atoms with Gasteiger partial charge < -0.3 is 39.6 Å². The van der Waals surface area contributed by atoms with Crippen LogP contribution in [0.25, 0.3) is 0 Å². The third kappa shape index (κ3) is 22.2. The molecule has 0 aliphatic rings. The van der Waals surface area contributed by atoms with E-state index in [1.54, 1.807) is 6.08 Å². The summed E-state index contributed by atoms with van der Waals surface area (Å²) in [6.07, 6.45) is 3.30. The summed E-state index contributed by atoms with van der Waals surface area (Å²) < 4.78 is 27.2. The van der Waals surface area contributed by atoms with Crippen LogP contribution in [0.15, 0.2) is 43.0 Å². The molecule has 12 nitrogen and oxygen atoms in total. The highest BCUT2D eigenvalue weighted by Gasteiger charge is 2.32. The zero-order chi connectivity index (χ0) is 34.3. The van der Waals surface area contributed by atoms with Crippen LogP contribution in [0.4, 0.5) is 0 Å². The van der Waals surface area contributed by atoms with Crippen molar-refractivity contribution in [3.8, 4) is 5.75 Å². The standard InChI is InChI=1S/C34H55N3O9/c1-7-28(37-31(40)23-33(3,4)26-34(5,6)46-29-11-9-8-10-12-29)13-14-30(39)35-15-17-42-20-22-45-25-32(41)36-16-18-43-19-21-44-24-27(2)38/h7-12,28H,1,13-26H2,2-6H3,(H,35,39)(H,36,41)(H,37,40)/t28-/m1/s1. The van der Waals surface area contributed by atoms with Crippen LogP contribution < -0.4 is 20.7 Å². The van der Waals surface area contributed by atoms with E-state index in [2.05, 4.69) is 22.5 Å². The van der Waals surface area contributed by atoms with Gasteiger partial charge >= 0.3 is 0 Å². The number of nitrogens with one attached hydrogen (secondary N) is 3. The van der Waals surface area contributed by atoms with Crippen molar-refractivity contribution in [2.45, 2.75) is 71.9 Å². The van der Waals surface area contributed by atoms with Gasteiger partial charge in [-0.05, 0) is 51.2 Å². The molecule has 0 saturated heterocycles. The number of rotatable bonds is 27. The quantitative estimate of drug-likeness (QED) is 0.0966. The number of hydrogen-bond acceptors (Lipinski definition) is 9. The monoisotopic (exact) mass is 649 g/mol. The van der Waals surface area contributed by atoms with E-state index in [0.29, 0.717) is 58.8 Å². The van der Waals surface area contributed by atoms with Gasteiger partial charge in [0.05, 0.1) is 39.6 Å². The molecule has 1 aromatic rings. The fraction of sp³-hybridized carbons (Fsp3) is 0.647. The maximum absolute atomic E-state index is 12.8. The van der Waals surface area contributed by atoms with Gasteiger partial charge in [-0.2, -0.15) is 0 Å². The Bertz CT molecular complexity index is 1050. The van der Waals surface area contributed by atoms with E-state index >= 15 is 0 Å². The van der Waals surface area contributed by atoms with E-state index in [1.165, 1.54) is 6.92 Å². The van der Waals surface area contributed by atoms with Crippen molar-refractivity contribution >= 4 is 23.5 Å². The fourth-order valence-electron chi connectivity index (χ4n) is 4.77. The number of amides is 3. The molecule has 0 saturated carbocycles. The first-order valence-corrected chi connectivity index (χ1v) is 15.8. The number of carbonyl (C=O) groups excluding carboxylic acids is 4. The first-order valence-electron chi connectivity index (χ1n) is 15.8. The van der Waals surface area contributed by atoms with E-state index in [-0.39, 0.29) is 67.8 Å². The molecule has 3 N–H and O–H groups in total. The van der Waals surface area contributed by atoms with Gasteiger partial charge in [0.2, 0.25) is 17.7 Å². The average Bonchev–Trinajstić information content (AvgIpc) is 2.97. The molecule has 0 aliphatic heterocycles. The van der Waals surface area contributed by atoms with Gasteiger partial charge in [0.15, 0.2) is 5.78 Å². The highest BCUT2D eigenvalue weighted by atomic mass is 16.5. The lowest BCUT2D eigenvalue weighted by molar-refractivity contribution is -0.127. The summed E-state index contributed by atoms with van der Waals surface area (Å²) in [4.78, 5) is 47.6. The van der Waals surface area contributed by atoms with E-state index in [0.717, 1.165) is 5.75 Å². The van der Waals surface area contributed by atoms with Crippen molar-refractivity contribution in [3.05, 3.63) is 43.0 Å². The first-order chi connectivity index (χ1) is 21.8. The molecule has 260 valence electrons. The molecule has 0 unspecified atom stereocenters. The second-order valence-corrected chi connectivity index (χ2v) is 12.4. The maximum Gasteiger partial charge on any atom is 0.246 e. The Balaban J connectivity index is 2.10. The van der Waals surface area contributed by atoms with Crippen molar-refractivity contribution in [2.75, 3.05) is 65.9 Å². The largest absolute Gasteiger partial charge is 0.488 e. The van der Waals surface area contributed by atoms with Crippen LogP contribution >= 0.6 is 0 Å². The number of carbonyl (C=O) groups is 4. The molecule has 1 aromatic carbocycles. The molecule has 3 amide bonds. The second kappa shape index (κ2) is 23.1. The molecule has 0 spiro atoms. The summed E-state index contributed by atoms with van der Waals surface area (Å²) in [5, 5.41) is 8.44. The second-order valence-electron chi connectivity index (χ2n) is 12.4. The van der Waals surface area contributed by atoms with Crippen LogP contribution in [-0.2, 0) is 38.1 Å². The van der Waals surface area contributed by atoms with Crippen molar-refractivity contribution in [1.82, 2.24) is 16.0 Å². The van der Waals surface area contributed by atoms with Gasteiger partial charge in [-0.25, -0.2) is 0 Å². The Morgan fingerprint density at radius 3 is 1.93 bits per heavy atom. The summed E-state index contributed by atoms with van der Waals surface area (Å²) in [6, 6.07) is 9.31. The zero-order valence-corrected chi connectivity index (χ0v) is 28.3. The lowest BCUT2D eigenvalue weighted by Gasteiger charge is -2.35. The minimum atomic E-state index is -0.457. The predicted octanol–water partition coefficient (Wildman–Crippen LogP) is 2.99. The molecule has 0 aromatic heterocycles. The molecule has 0 bridgehead atoms. The number of Topliss-reactive ketones (excluding diaryl/α,β-unsaturated/α-hetero) is 1. The maximum atomic E-state index is 12.8. The molecule has 46 heavy (non-hydrogen) atoms. The van der Waals surface area contributed by atoms with E-state index < -0.39 is 5.60 Å². The van der Waals surface area contributed by atoms with Gasteiger partial charge in [0, 0.05) is 32.0 Å². The Morgan fingerprint density at radius 1 is 0.783 bits per heavy atom. The number of para-hydroxylation sites is 1. The van der Waals surface area contributed by atoms with Crippen molar-refractivity contribution in [1.29, 1.82) is 0 Å². The van der Waals surface area contributed by atoms with Crippen LogP contribution in [0.3, 0.4) is 0 Å². The highest BCUT2D eigenvalue weighted by molar-refractivity contribution is 5.78. The Morgan fingerprint density at radius 2 is 1.35 bits per heavy atom. The number of hydrogen-bond donors (Lipinski definition) is 3. The van der Waals surface area contributed by atoms with E-state index in [9.17, 15) is 19.2 Å². The zero-order valence-electron chi connectivity index (χ0n) is 28.3. The van der Waals surface area contributed by atoms with Crippen LogP contribution in [0.1, 0.15) is 60.3 Å². The topological polar surface area (TPSA) is 151 Å². The van der Waals surface area contributed by atoms with Crippen LogP contribution in [0, 0.1) is 5.41 Å². The van der Waals surface area contributed by atoms with Crippen molar-refractivity contribution < 1.29 is 42.9 Å². The van der Waals surface area contributed by atoms with Crippen molar-refractivity contribution in [3.63, 3.8) is 0 Å². The molecule has 0 radical (unpaired) electrons. The third-order valence-electron chi connectivity index (χ3n) is 6.41. The van der Waals surface area contributed by atoms with Gasteiger partial charge in [-0.15, -0.1) is 6.58 Å². The molecule has 1 rings (SSSR count). The van der Waals surface area contributed by atoms with Gasteiger partial charge in [-0.3, -0.25) is 19.2 Å². The smallest absolute Gasteiger partial charge is 0.246 e. The predicted molar refractivity (Wildman–Crippen MR) is 176 cm³/mol. The van der Waals surface area contributed by atoms with E-state index in [4.69, 9.17) is 23.7 Å². The normalized spacial score (nSPS) is 12.2. The van der Waals surface area contributed by atoms with Crippen LogP contribution in [0.5, 0.6) is 5.75 Å². The SMILES string of the molecule is C=C[C@H](CCC(=O)NCCOCCOCC(=O)NCCOCCOCC(C)=O)NC(=O)CC(C)(C)CC(C)(C)Oc1ccccc1. The minimum Gasteiger partial charge on any atom is -0.488 e. The third-order valence-corrected chi connectivity index (χ3v) is 6.41. The Kier molecular flexibility index (Phi) is 20.4. The summed E-state index contributed by atoms with van der Waals surface area (Å²) in [5.74, 6) is 0.238.